The van der Waals surface area contributed by atoms with Gasteiger partial charge in [0.2, 0.25) is 11.8 Å². The fourth-order valence-corrected chi connectivity index (χ4v) is 5.30. The first-order chi connectivity index (χ1) is 12.1. The third-order valence-electron chi connectivity index (χ3n) is 5.99. The zero-order chi connectivity index (χ0) is 19.2. The Kier molecular flexibility index (Phi) is 4.95. The van der Waals surface area contributed by atoms with Gasteiger partial charge in [-0.25, -0.2) is 0 Å². The molecule has 1 saturated heterocycles. The second-order valence-corrected chi connectivity index (χ2v) is 9.13. The average molecular weight is 364 g/mol. The number of hydrogen-bond acceptors (Lipinski definition) is 4. The molecule has 1 spiro atoms. The number of amides is 2. The molecule has 3 rings (SSSR count). The minimum atomic E-state index is -0.900. The smallest absolute Gasteiger partial charge is 0.246 e. The number of carbonyl (C=O) groups excluding carboxylic acids is 2. The Labute approximate surface area is 156 Å². The predicted octanol–water partition coefficient (Wildman–Crippen LogP) is 2.14. The number of carbonyl (C=O) groups is 2. The molecule has 6 nitrogen and oxygen atoms in total. The van der Waals surface area contributed by atoms with Crippen molar-refractivity contribution in [1.82, 2.24) is 10.6 Å². The third-order valence-corrected chi connectivity index (χ3v) is 5.99. The van der Waals surface area contributed by atoms with E-state index in [4.69, 9.17) is 9.47 Å². The molecule has 26 heavy (non-hydrogen) atoms. The lowest BCUT2D eigenvalue weighted by molar-refractivity contribution is -0.159. The SMILES string of the molecule is C=CC[C@H]1[C@@H]2CC3(C[C@@H]2CC1(NC(C)=O)C(=O)NC(C)(C)C)OCCO3. The highest BCUT2D eigenvalue weighted by Crippen LogP contribution is 2.58. The van der Waals surface area contributed by atoms with Crippen LogP contribution in [0.5, 0.6) is 0 Å². The predicted molar refractivity (Wildman–Crippen MR) is 98.2 cm³/mol. The first-order valence-corrected chi connectivity index (χ1v) is 9.61. The average Bonchev–Trinajstić information content (AvgIpc) is 3.15. The van der Waals surface area contributed by atoms with Crippen LogP contribution in [0.3, 0.4) is 0 Å². The summed E-state index contributed by atoms with van der Waals surface area (Å²) in [5, 5.41) is 6.14. The van der Waals surface area contributed by atoms with Gasteiger partial charge in [-0.3, -0.25) is 9.59 Å². The van der Waals surface area contributed by atoms with Crippen LogP contribution in [-0.2, 0) is 19.1 Å². The summed E-state index contributed by atoms with van der Waals surface area (Å²) in [6.07, 6.45) is 4.71. The van der Waals surface area contributed by atoms with Crippen molar-refractivity contribution in [3.8, 4) is 0 Å². The Morgan fingerprint density at radius 2 is 1.85 bits per heavy atom. The first kappa shape index (κ1) is 19.4. The van der Waals surface area contributed by atoms with Gasteiger partial charge in [0.05, 0.1) is 13.2 Å². The Bertz CT molecular complexity index is 591. The van der Waals surface area contributed by atoms with Gasteiger partial charge in [0.25, 0.3) is 0 Å². The molecular formula is C20H32N2O4. The molecule has 6 heteroatoms. The summed E-state index contributed by atoms with van der Waals surface area (Å²) in [7, 11) is 0. The summed E-state index contributed by atoms with van der Waals surface area (Å²) >= 11 is 0. The van der Waals surface area contributed by atoms with Crippen LogP contribution in [-0.4, -0.2) is 41.9 Å². The molecule has 2 saturated carbocycles. The molecule has 0 radical (unpaired) electrons. The van der Waals surface area contributed by atoms with Crippen molar-refractivity contribution in [2.75, 3.05) is 13.2 Å². The zero-order valence-electron chi connectivity index (χ0n) is 16.4. The Balaban J connectivity index is 1.92. The van der Waals surface area contributed by atoms with E-state index in [1.807, 2.05) is 26.8 Å². The molecule has 4 atom stereocenters. The molecular weight excluding hydrogens is 332 g/mol. The van der Waals surface area contributed by atoms with Crippen LogP contribution in [0.1, 0.15) is 53.4 Å². The van der Waals surface area contributed by atoms with Crippen LogP contribution in [0.4, 0.5) is 0 Å². The molecule has 146 valence electrons. The van der Waals surface area contributed by atoms with E-state index in [0.29, 0.717) is 26.1 Å². The molecule has 1 heterocycles. The number of fused-ring (bicyclic) bond motifs is 1. The van der Waals surface area contributed by atoms with Crippen LogP contribution in [0.2, 0.25) is 0 Å². The zero-order valence-corrected chi connectivity index (χ0v) is 16.4. The highest BCUT2D eigenvalue weighted by atomic mass is 16.7. The van der Waals surface area contributed by atoms with E-state index in [-0.39, 0.29) is 35.1 Å². The number of rotatable bonds is 4. The number of hydrogen-bond donors (Lipinski definition) is 2. The maximum atomic E-state index is 13.3. The molecule has 1 unspecified atom stereocenters. The summed E-state index contributed by atoms with van der Waals surface area (Å²) < 4.78 is 11.8. The fourth-order valence-electron chi connectivity index (χ4n) is 5.30. The van der Waals surface area contributed by atoms with Crippen molar-refractivity contribution >= 4 is 11.8 Å². The molecule has 2 amide bonds. The fraction of sp³-hybridized carbons (Fsp3) is 0.800. The third kappa shape index (κ3) is 3.41. The molecule has 2 N–H and O–H groups in total. The lowest BCUT2D eigenvalue weighted by Gasteiger charge is -2.39. The number of nitrogens with one attached hydrogen (secondary N) is 2. The molecule has 3 aliphatic rings. The van der Waals surface area contributed by atoms with Crippen LogP contribution in [0.15, 0.2) is 12.7 Å². The second kappa shape index (κ2) is 6.64. The van der Waals surface area contributed by atoms with Gasteiger partial charge in [-0.15, -0.1) is 6.58 Å². The lowest BCUT2D eigenvalue weighted by atomic mass is 9.78. The normalized spacial score (nSPS) is 35.3. The number of allylic oxidation sites excluding steroid dienone is 1. The lowest BCUT2D eigenvalue weighted by Crippen LogP contribution is -2.64. The topological polar surface area (TPSA) is 76.7 Å². The molecule has 3 fully saturated rings. The van der Waals surface area contributed by atoms with Crippen molar-refractivity contribution in [2.45, 2.75) is 70.2 Å². The van der Waals surface area contributed by atoms with Crippen LogP contribution >= 0.6 is 0 Å². The molecule has 0 aromatic rings. The van der Waals surface area contributed by atoms with Gasteiger partial charge in [0, 0.05) is 25.3 Å². The van der Waals surface area contributed by atoms with Gasteiger partial charge in [0.15, 0.2) is 5.79 Å². The van der Waals surface area contributed by atoms with Crippen molar-refractivity contribution in [3.05, 3.63) is 12.7 Å². The van der Waals surface area contributed by atoms with Crippen LogP contribution in [0.25, 0.3) is 0 Å². The maximum Gasteiger partial charge on any atom is 0.246 e. The van der Waals surface area contributed by atoms with Gasteiger partial charge in [-0.1, -0.05) is 6.08 Å². The highest BCUT2D eigenvalue weighted by Gasteiger charge is 2.64. The van der Waals surface area contributed by atoms with Gasteiger partial charge in [-0.05, 0) is 51.4 Å². The van der Waals surface area contributed by atoms with E-state index in [0.717, 1.165) is 12.8 Å². The Hall–Kier alpha value is -1.40. The van der Waals surface area contributed by atoms with Crippen LogP contribution < -0.4 is 10.6 Å². The van der Waals surface area contributed by atoms with E-state index >= 15 is 0 Å². The first-order valence-electron chi connectivity index (χ1n) is 9.61. The van der Waals surface area contributed by atoms with Gasteiger partial charge < -0.3 is 20.1 Å². The maximum absolute atomic E-state index is 13.3. The Morgan fingerprint density at radius 3 is 2.38 bits per heavy atom. The molecule has 2 aliphatic carbocycles. The van der Waals surface area contributed by atoms with Crippen molar-refractivity contribution in [3.63, 3.8) is 0 Å². The van der Waals surface area contributed by atoms with E-state index < -0.39 is 11.3 Å². The Morgan fingerprint density at radius 1 is 1.19 bits per heavy atom. The highest BCUT2D eigenvalue weighted by molar-refractivity contribution is 5.92. The summed E-state index contributed by atoms with van der Waals surface area (Å²) in [5.74, 6) is -0.213. The van der Waals surface area contributed by atoms with E-state index in [1.165, 1.54) is 6.92 Å². The van der Waals surface area contributed by atoms with Crippen molar-refractivity contribution in [1.29, 1.82) is 0 Å². The largest absolute Gasteiger partial charge is 0.349 e. The monoisotopic (exact) mass is 364 g/mol. The van der Waals surface area contributed by atoms with E-state index in [2.05, 4.69) is 17.2 Å². The summed E-state index contributed by atoms with van der Waals surface area (Å²) in [5.41, 5.74) is -1.26. The van der Waals surface area contributed by atoms with Crippen molar-refractivity contribution < 1.29 is 19.1 Å². The summed E-state index contributed by atoms with van der Waals surface area (Å²) in [6, 6.07) is 0. The molecule has 1 aliphatic heterocycles. The number of ether oxygens (including phenoxy) is 2. The van der Waals surface area contributed by atoms with Gasteiger partial charge >= 0.3 is 0 Å². The molecule has 0 aromatic heterocycles. The summed E-state index contributed by atoms with van der Waals surface area (Å²) in [4.78, 5) is 25.4. The van der Waals surface area contributed by atoms with Gasteiger partial charge in [-0.2, -0.15) is 0 Å². The van der Waals surface area contributed by atoms with E-state index in [9.17, 15) is 9.59 Å². The van der Waals surface area contributed by atoms with E-state index in [1.54, 1.807) is 0 Å². The van der Waals surface area contributed by atoms with Crippen LogP contribution in [0, 0.1) is 17.8 Å². The van der Waals surface area contributed by atoms with Crippen molar-refractivity contribution in [2.24, 2.45) is 17.8 Å². The quantitative estimate of drug-likeness (QED) is 0.750. The molecule has 0 bridgehead atoms. The minimum Gasteiger partial charge on any atom is -0.349 e. The standard InChI is InChI=1S/C20H32N2O4/c1-6-7-16-15-12-19(25-8-9-26-19)10-14(15)11-20(16,21-13(2)23)17(24)22-18(3,4)5/h6,14-16H,1,7-12H2,2-5H3,(H,21,23)(H,22,24)/t14-,15-,16+,20?/m1/s1. The second-order valence-electron chi connectivity index (χ2n) is 9.13. The summed E-state index contributed by atoms with van der Waals surface area (Å²) in [6.45, 7) is 12.5. The minimum absolute atomic E-state index is 0.0107. The van der Waals surface area contributed by atoms with Gasteiger partial charge in [0.1, 0.15) is 5.54 Å². The molecule has 0 aromatic carbocycles.